The van der Waals surface area contributed by atoms with Gasteiger partial charge in [0.2, 0.25) is 9.70 Å². The molecule has 0 aliphatic rings. The van der Waals surface area contributed by atoms with E-state index in [0.29, 0.717) is 0 Å². The van der Waals surface area contributed by atoms with Gasteiger partial charge in [-0.2, -0.15) is 0 Å². The van der Waals surface area contributed by atoms with Crippen LogP contribution in [0.5, 0.6) is 0 Å². The largest absolute Gasteiger partial charge is 0.347 e. The summed E-state index contributed by atoms with van der Waals surface area (Å²) in [4.78, 5) is 22.3. The van der Waals surface area contributed by atoms with Gasteiger partial charge < -0.3 is 16.0 Å². The number of rotatable bonds is 9. The summed E-state index contributed by atoms with van der Waals surface area (Å²) in [7, 11) is 3.67. The summed E-state index contributed by atoms with van der Waals surface area (Å²) in [6.07, 6.45) is 2.82. The summed E-state index contributed by atoms with van der Waals surface area (Å²) < 4.78 is -0.0593. The fourth-order valence-electron chi connectivity index (χ4n) is 1.34. The summed E-state index contributed by atoms with van der Waals surface area (Å²) in [6, 6.07) is -0.201. The summed E-state index contributed by atoms with van der Waals surface area (Å²) in [5.74, 6) is -0.100. The molecule has 0 fully saturated rings. The molecule has 0 rings (SSSR count). The van der Waals surface area contributed by atoms with Crippen LogP contribution in [0.15, 0.2) is 0 Å². The van der Waals surface area contributed by atoms with E-state index in [1.54, 1.807) is 29.6 Å². The maximum Gasteiger partial charge on any atom is 0.237 e. The number of halogens is 1. The van der Waals surface area contributed by atoms with E-state index in [-0.39, 0.29) is 22.3 Å². The number of hydrogen-bond donors (Lipinski definition) is 3. The van der Waals surface area contributed by atoms with Crippen LogP contribution in [-0.4, -0.2) is 42.9 Å². The highest BCUT2D eigenvalue weighted by molar-refractivity contribution is 14.1. The van der Waals surface area contributed by atoms with Gasteiger partial charge in [0.05, 0.1) is 12.6 Å². The van der Waals surface area contributed by atoms with Crippen molar-refractivity contribution in [2.45, 2.75) is 25.3 Å². The molecule has 0 saturated heterocycles. The first kappa shape index (κ1) is 15.8. The van der Waals surface area contributed by atoms with E-state index in [1.807, 2.05) is 7.05 Å². The van der Waals surface area contributed by atoms with Gasteiger partial charge >= 0.3 is 0 Å². The van der Waals surface area contributed by atoms with Crippen molar-refractivity contribution in [2.75, 3.05) is 27.2 Å². The molecule has 0 radical (unpaired) electrons. The minimum absolute atomic E-state index is 0.0593. The Bertz CT molecular complexity index is 224. The molecule has 0 aromatic rings. The number of amides is 1. The molecular weight excluding hydrogens is 321 g/mol. The van der Waals surface area contributed by atoms with Crippen LogP contribution in [-0.2, 0) is 9.59 Å². The normalized spacial score (nSPS) is 12.2. The van der Waals surface area contributed by atoms with Crippen molar-refractivity contribution in [3.63, 3.8) is 0 Å². The van der Waals surface area contributed by atoms with Gasteiger partial charge in [-0.1, -0.05) is 6.42 Å². The van der Waals surface area contributed by atoms with Crippen LogP contribution in [0.2, 0.25) is 0 Å². The lowest BCUT2D eigenvalue weighted by Crippen LogP contribution is -2.43. The van der Waals surface area contributed by atoms with Crippen molar-refractivity contribution in [3.8, 4) is 0 Å². The zero-order valence-electron chi connectivity index (χ0n) is 9.81. The lowest BCUT2D eigenvalue weighted by molar-refractivity contribution is -0.124. The molecule has 0 aliphatic heterocycles. The summed E-state index contributed by atoms with van der Waals surface area (Å²) >= 11 is 1.67. The van der Waals surface area contributed by atoms with Crippen LogP contribution in [0.3, 0.4) is 0 Å². The van der Waals surface area contributed by atoms with Crippen LogP contribution >= 0.6 is 22.6 Å². The highest BCUT2D eigenvalue weighted by Crippen LogP contribution is 2.00. The maximum absolute atomic E-state index is 11.6. The smallest absolute Gasteiger partial charge is 0.237 e. The van der Waals surface area contributed by atoms with Crippen LogP contribution in [0, 0.1) is 0 Å². The number of likely N-dealkylation sites (N-methyl/N-ethyl adjacent to an activating group) is 1. The molecule has 0 aromatic heterocycles. The van der Waals surface area contributed by atoms with Crippen LogP contribution in [0.1, 0.15) is 19.3 Å². The van der Waals surface area contributed by atoms with Gasteiger partial charge in [0.1, 0.15) is 0 Å². The average molecular weight is 341 g/mol. The molecule has 0 aromatic carbocycles. The second kappa shape index (κ2) is 9.98. The monoisotopic (exact) mass is 341 g/mol. The number of carbonyl (C=O) groups excluding carboxylic acids is 2. The predicted molar refractivity (Wildman–Crippen MR) is 72.7 cm³/mol. The van der Waals surface area contributed by atoms with Crippen LogP contribution < -0.4 is 16.0 Å². The van der Waals surface area contributed by atoms with E-state index in [0.717, 1.165) is 25.8 Å². The summed E-state index contributed by atoms with van der Waals surface area (Å²) in [5.41, 5.74) is 0. The van der Waals surface area contributed by atoms with Gasteiger partial charge in [0, 0.05) is 22.6 Å². The number of nitrogens with one attached hydrogen (secondary N) is 3. The molecular formula is C10H20IN3O2. The van der Waals surface area contributed by atoms with Crippen LogP contribution in [0.4, 0.5) is 0 Å². The maximum atomic E-state index is 11.6. The zero-order chi connectivity index (χ0) is 12.4. The quantitative estimate of drug-likeness (QED) is 0.315. The van der Waals surface area contributed by atoms with E-state index in [9.17, 15) is 9.59 Å². The number of carbonyl (C=O) groups is 2. The molecule has 0 bridgehead atoms. The molecule has 1 atom stereocenters. The van der Waals surface area contributed by atoms with Crippen LogP contribution in [0.25, 0.3) is 0 Å². The SMILES string of the molecule is CNCCCCC(NC)C(=O)NCC(=O)I. The Morgan fingerprint density at radius 2 is 1.94 bits per heavy atom. The van der Waals surface area contributed by atoms with Crippen molar-refractivity contribution >= 4 is 32.3 Å². The summed E-state index contributed by atoms with van der Waals surface area (Å²) in [6.45, 7) is 1.07. The van der Waals surface area contributed by atoms with Gasteiger partial charge in [0.15, 0.2) is 0 Å². The molecule has 16 heavy (non-hydrogen) atoms. The minimum atomic E-state index is -0.201. The lowest BCUT2D eigenvalue weighted by atomic mass is 10.1. The second-order valence-electron chi connectivity index (χ2n) is 3.51. The van der Waals surface area contributed by atoms with Crippen molar-refractivity contribution in [3.05, 3.63) is 0 Å². The molecule has 3 N–H and O–H groups in total. The van der Waals surface area contributed by atoms with Gasteiger partial charge in [-0.3, -0.25) is 9.59 Å². The number of unbranched alkanes of at least 4 members (excludes halogenated alkanes) is 1. The number of hydrogen-bond acceptors (Lipinski definition) is 4. The topological polar surface area (TPSA) is 70.2 Å². The molecule has 5 nitrogen and oxygen atoms in total. The zero-order valence-corrected chi connectivity index (χ0v) is 12.0. The van der Waals surface area contributed by atoms with Gasteiger partial charge in [-0.15, -0.1) is 0 Å². The predicted octanol–water partition coefficient (Wildman–Crippen LogP) is 0.0419. The molecule has 0 aliphatic carbocycles. The third-order valence-electron chi connectivity index (χ3n) is 2.24. The standard InChI is InChI=1S/C10H20IN3O2/c1-12-6-4-3-5-8(13-2)10(16)14-7-9(11)15/h8,12-13H,3-7H2,1-2H3,(H,14,16). The van der Waals surface area contributed by atoms with Crippen molar-refractivity contribution in [1.29, 1.82) is 0 Å². The second-order valence-corrected chi connectivity index (χ2v) is 4.72. The Kier molecular flexibility index (Phi) is 9.85. The first-order valence-corrected chi connectivity index (χ1v) is 6.47. The molecule has 1 amide bonds. The molecule has 1 unspecified atom stereocenters. The van der Waals surface area contributed by atoms with Gasteiger partial charge in [-0.05, 0) is 33.5 Å². The fraction of sp³-hybridized carbons (Fsp3) is 0.800. The minimum Gasteiger partial charge on any atom is -0.347 e. The summed E-state index contributed by atoms with van der Waals surface area (Å²) in [5, 5.41) is 8.62. The van der Waals surface area contributed by atoms with E-state index in [1.165, 1.54) is 0 Å². The van der Waals surface area contributed by atoms with Crippen molar-refractivity contribution in [1.82, 2.24) is 16.0 Å². The first-order chi connectivity index (χ1) is 7.61. The Morgan fingerprint density at radius 1 is 1.25 bits per heavy atom. The Morgan fingerprint density at radius 3 is 2.44 bits per heavy atom. The van der Waals surface area contributed by atoms with E-state index in [4.69, 9.17) is 0 Å². The Hall–Kier alpha value is -0.210. The third-order valence-corrected chi connectivity index (χ3v) is 2.62. The van der Waals surface area contributed by atoms with Gasteiger partial charge in [0.25, 0.3) is 0 Å². The molecule has 94 valence electrons. The van der Waals surface area contributed by atoms with Crippen molar-refractivity contribution in [2.24, 2.45) is 0 Å². The van der Waals surface area contributed by atoms with E-state index >= 15 is 0 Å². The van der Waals surface area contributed by atoms with Crippen molar-refractivity contribution < 1.29 is 9.59 Å². The Balaban J connectivity index is 3.78. The highest BCUT2D eigenvalue weighted by atomic mass is 127. The average Bonchev–Trinajstić information content (AvgIpc) is 2.26. The van der Waals surface area contributed by atoms with E-state index in [2.05, 4.69) is 16.0 Å². The third kappa shape index (κ3) is 8.00. The molecule has 0 saturated carbocycles. The van der Waals surface area contributed by atoms with Gasteiger partial charge in [-0.25, -0.2) is 0 Å². The lowest BCUT2D eigenvalue weighted by Gasteiger charge is -2.15. The van der Waals surface area contributed by atoms with E-state index < -0.39 is 0 Å². The Labute approximate surface area is 110 Å². The molecule has 6 heteroatoms. The first-order valence-electron chi connectivity index (χ1n) is 5.39. The molecule has 0 heterocycles. The highest BCUT2D eigenvalue weighted by Gasteiger charge is 2.15. The fourth-order valence-corrected chi connectivity index (χ4v) is 1.53. The molecule has 0 spiro atoms.